The number of aryl methyl sites for hydroxylation is 2. The largest absolute Gasteiger partial charge is 0.323 e. The minimum absolute atomic E-state index is 0.208. The van der Waals surface area contributed by atoms with Gasteiger partial charge in [0.2, 0.25) is 5.91 Å². The first-order valence-electron chi connectivity index (χ1n) is 6.30. The first-order chi connectivity index (χ1) is 9.54. The van der Waals surface area contributed by atoms with Crippen molar-refractivity contribution in [3.05, 3.63) is 59.4 Å². The number of hydrogen-bond donors (Lipinski definition) is 1. The zero-order valence-electron chi connectivity index (χ0n) is 11.4. The van der Waals surface area contributed by atoms with E-state index in [1.54, 1.807) is 12.1 Å². The number of thioether (sulfide) groups is 1. The molecular weight excluding hydrogens is 273 g/mol. The molecule has 1 amide bonds. The Kier molecular flexibility index (Phi) is 4.79. The molecule has 0 aromatic heterocycles. The van der Waals surface area contributed by atoms with Gasteiger partial charge >= 0.3 is 0 Å². The second-order valence-electron chi connectivity index (χ2n) is 4.63. The number of rotatable bonds is 4. The van der Waals surface area contributed by atoms with Gasteiger partial charge in [-0.25, -0.2) is 4.39 Å². The molecule has 0 saturated carbocycles. The van der Waals surface area contributed by atoms with Crippen LogP contribution in [0.15, 0.2) is 47.4 Å². The van der Waals surface area contributed by atoms with E-state index in [2.05, 4.69) is 5.32 Å². The predicted molar refractivity (Wildman–Crippen MR) is 81.7 cm³/mol. The van der Waals surface area contributed by atoms with Crippen molar-refractivity contribution in [3.63, 3.8) is 0 Å². The van der Waals surface area contributed by atoms with E-state index >= 15 is 0 Å². The van der Waals surface area contributed by atoms with Gasteiger partial charge in [-0.15, -0.1) is 11.8 Å². The summed E-state index contributed by atoms with van der Waals surface area (Å²) in [7, 11) is 0. The van der Waals surface area contributed by atoms with Gasteiger partial charge in [-0.05, 0) is 43.7 Å². The number of benzene rings is 2. The monoisotopic (exact) mass is 289 g/mol. The van der Waals surface area contributed by atoms with Crippen molar-refractivity contribution in [2.75, 3.05) is 11.1 Å². The molecule has 0 aliphatic heterocycles. The Bertz CT molecular complexity index is 610. The Morgan fingerprint density at radius 1 is 1.10 bits per heavy atom. The number of anilines is 1. The molecule has 1 N–H and O–H groups in total. The Labute approximate surface area is 122 Å². The molecule has 2 nitrogen and oxygen atoms in total. The first-order valence-corrected chi connectivity index (χ1v) is 7.28. The average Bonchev–Trinajstić information content (AvgIpc) is 2.42. The molecule has 0 unspecified atom stereocenters. The third-order valence-electron chi connectivity index (χ3n) is 2.79. The molecule has 0 heterocycles. The van der Waals surface area contributed by atoms with Crippen LogP contribution in [-0.2, 0) is 4.79 Å². The third-order valence-corrected chi connectivity index (χ3v) is 3.80. The molecule has 20 heavy (non-hydrogen) atoms. The van der Waals surface area contributed by atoms with E-state index in [4.69, 9.17) is 0 Å². The van der Waals surface area contributed by atoms with Gasteiger partial charge in [0.1, 0.15) is 5.82 Å². The molecular formula is C16H16FNOS. The quantitative estimate of drug-likeness (QED) is 0.856. The van der Waals surface area contributed by atoms with Crippen molar-refractivity contribution in [2.24, 2.45) is 0 Å². The van der Waals surface area contributed by atoms with Gasteiger partial charge in [-0.3, -0.25) is 4.79 Å². The fourth-order valence-corrected chi connectivity index (χ4v) is 2.40. The van der Waals surface area contributed by atoms with Crippen molar-refractivity contribution in [1.82, 2.24) is 0 Å². The normalized spacial score (nSPS) is 10.3. The van der Waals surface area contributed by atoms with Crippen LogP contribution in [0, 0.1) is 19.7 Å². The van der Waals surface area contributed by atoms with Crippen LogP contribution in [0.2, 0.25) is 0 Å². The van der Waals surface area contributed by atoms with Gasteiger partial charge in [-0.2, -0.15) is 0 Å². The number of halogens is 1. The smallest absolute Gasteiger partial charge is 0.234 e. The van der Waals surface area contributed by atoms with Crippen molar-refractivity contribution >= 4 is 23.4 Å². The minimum Gasteiger partial charge on any atom is -0.323 e. The van der Waals surface area contributed by atoms with Crippen LogP contribution in [-0.4, -0.2) is 11.7 Å². The lowest BCUT2D eigenvalue weighted by molar-refractivity contribution is -0.113. The second kappa shape index (κ2) is 6.57. The number of nitrogens with one attached hydrogen (secondary N) is 1. The molecule has 0 fully saturated rings. The fraction of sp³-hybridized carbons (Fsp3) is 0.188. The maximum Gasteiger partial charge on any atom is 0.234 e. The lowest BCUT2D eigenvalue weighted by atomic mass is 10.2. The summed E-state index contributed by atoms with van der Waals surface area (Å²) in [4.78, 5) is 12.8. The van der Waals surface area contributed by atoms with E-state index in [0.29, 0.717) is 0 Å². The van der Waals surface area contributed by atoms with Crippen molar-refractivity contribution in [2.45, 2.75) is 18.7 Å². The molecule has 2 aromatic rings. The molecule has 4 heteroatoms. The molecule has 0 radical (unpaired) electrons. The van der Waals surface area contributed by atoms with Crippen LogP contribution in [0.3, 0.4) is 0 Å². The summed E-state index contributed by atoms with van der Waals surface area (Å²) in [6.45, 7) is 3.87. The molecule has 0 atom stereocenters. The molecule has 2 aromatic carbocycles. The first kappa shape index (κ1) is 14.6. The highest BCUT2D eigenvalue weighted by Crippen LogP contribution is 2.20. The molecule has 0 aliphatic rings. The van der Waals surface area contributed by atoms with Crippen molar-refractivity contribution < 1.29 is 9.18 Å². The zero-order chi connectivity index (χ0) is 14.5. The molecule has 2 rings (SSSR count). The highest BCUT2D eigenvalue weighted by molar-refractivity contribution is 8.00. The predicted octanol–water partition coefficient (Wildman–Crippen LogP) is 4.17. The van der Waals surface area contributed by atoms with E-state index in [0.717, 1.165) is 10.5 Å². The summed E-state index contributed by atoms with van der Waals surface area (Å²) in [6, 6.07) is 12.6. The number of hydrogen-bond acceptors (Lipinski definition) is 2. The third kappa shape index (κ3) is 4.10. The van der Waals surface area contributed by atoms with E-state index < -0.39 is 5.82 Å². The minimum atomic E-state index is -0.413. The Hall–Kier alpha value is -1.81. The molecule has 104 valence electrons. The lowest BCUT2D eigenvalue weighted by Gasteiger charge is -2.07. The molecule has 0 saturated heterocycles. The maximum atomic E-state index is 13.5. The van der Waals surface area contributed by atoms with Crippen LogP contribution in [0.25, 0.3) is 0 Å². The van der Waals surface area contributed by atoms with E-state index in [-0.39, 0.29) is 17.3 Å². The number of carbonyl (C=O) groups excluding carboxylic acids is 1. The Morgan fingerprint density at radius 3 is 2.45 bits per heavy atom. The van der Waals surface area contributed by atoms with Gasteiger partial charge in [0, 0.05) is 4.90 Å². The van der Waals surface area contributed by atoms with Crippen LogP contribution >= 0.6 is 11.8 Å². The fourth-order valence-electron chi connectivity index (χ4n) is 1.70. The average molecular weight is 289 g/mol. The summed E-state index contributed by atoms with van der Waals surface area (Å²) in [6.07, 6.45) is 0. The highest BCUT2D eigenvalue weighted by Gasteiger charge is 2.07. The number of carbonyl (C=O) groups is 1. The van der Waals surface area contributed by atoms with Gasteiger partial charge in [0.25, 0.3) is 0 Å². The van der Waals surface area contributed by atoms with E-state index in [1.165, 1.54) is 23.4 Å². The van der Waals surface area contributed by atoms with Crippen molar-refractivity contribution in [3.8, 4) is 0 Å². The van der Waals surface area contributed by atoms with Gasteiger partial charge in [0.05, 0.1) is 11.4 Å². The van der Waals surface area contributed by atoms with Crippen LogP contribution in [0.4, 0.5) is 10.1 Å². The van der Waals surface area contributed by atoms with Crippen molar-refractivity contribution in [1.29, 1.82) is 0 Å². The van der Waals surface area contributed by atoms with Crippen LogP contribution in [0.1, 0.15) is 11.1 Å². The topological polar surface area (TPSA) is 29.1 Å². The summed E-state index contributed by atoms with van der Waals surface area (Å²) in [5.74, 6) is -0.361. The van der Waals surface area contributed by atoms with E-state index in [9.17, 15) is 9.18 Å². The highest BCUT2D eigenvalue weighted by atomic mass is 32.2. The molecule has 0 spiro atoms. The summed E-state index contributed by atoms with van der Waals surface area (Å²) >= 11 is 1.43. The van der Waals surface area contributed by atoms with Gasteiger partial charge in [0.15, 0.2) is 0 Å². The van der Waals surface area contributed by atoms with Crippen LogP contribution in [0.5, 0.6) is 0 Å². The molecule has 0 aliphatic carbocycles. The zero-order valence-corrected chi connectivity index (χ0v) is 12.3. The summed E-state index contributed by atoms with van der Waals surface area (Å²) < 4.78 is 13.5. The summed E-state index contributed by atoms with van der Waals surface area (Å²) in [5.41, 5.74) is 2.33. The second-order valence-corrected chi connectivity index (χ2v) is 5.68. The van der Waals surface area contributed by atoms with Gasteiger partial charge < -0.3 is 5.32 Å². The molecule has 0 bridgehead atoms. The van der Waals surface area contributed by atoms with Crippen LogP contribution < -0.4 is 5.32 Å². The Balaban J connectivity index is 1.92. The van der Waals surface area contributed by atoms with E-state index in [1.807, 2.05) is 38.1 Å². The van der Waals surface area contributed by atoms with Gasteiger partial charge in [-0.1, -0.05) is 23.8 Å². The standard InChI is InChI=1S/C16H16FNOS/c1-11-3-6-13(7-4-11)20-10-16(19)18-15-9-12(2)5-8-14(15)17/h3-9H,10H2,1-2H3,(H,18,19). The summed E-state index contributed by atoms with van der Waals surface area (Å²) in [5, 5.41) is 2.60. The Morgan fingerprint density at radius 2 is 1.75 bits per heavy atom. The lowest BCUT2D eigenvalue weighted by Crippen LogP contribution is -2.15. The maximum absolute atomic E-state index is 13.5. The SMILES string of the molecule is Cc1ccc(SCC(=O)Nc2cc(C)ccc2F)cc1. The number of amides is 1.